The summed E-state index contributed by atoms with van der Waals surface area (Å²) in [7, 11) is 2.03. The van der Waals surface area contributed by atoms with Gasteiger partial charge >= 0.3 is 0 Å². The van der Waals surface area contributed by atoms with Crippen molar-refractivity contribution in [3.05, 3.63) is 121 Å². The number of fused-ring (bicyclic) bond motifs is 4. The molecule has 0 spiro atoms. The van der Waals surface area contributed by atoms with Gasteiger partial charge in [-0.15, -0.1) is 0 Å². The van der Waals surface area contributed by atoms with Crippen molar-refractivity contribution in [2.75, 3.05) is 0 Å². The lowest BCUT2D eigenvalue weighted by atomic mass is 9.90. The van der Waals surface area contributed by atoms with Gasteiger partial charge in [0.15, 0.2) is 0 Å². The molecule has 6 rings (SSSR count). The van der Waals surface area contributed by atoms with E-state index in [0.29, 0.717) is 5.76 Å². The summed E-state index contributed by atoms with van der Waals surface area (Å²) in [6.45, 7) is 4.25. The van der Waals surface area contributed by atoms with E-state index in [1.54, 1.807) is 0 Å². The molecular weight excluding hydrogens is 429 g/mol. The van der Waals surface area contributed by atoms with Gasteiger partial charge in [0.2, 0.25) is 0 Å². The van der Waals surface area contributed by atoms with Gasteiger partial charge in [-0.3, -0.25) is 0 Å². The molecule has 0 saturated heterocycles. The third kappa shape index (κ3) is 3.51. The van der Waals surface area contributed by atoms with E-state index in [4.69, 9.17) is 4.42 Å². The molecule has 0 radical (unpaired) electrons. The summed E-state index contributed by atoms with van der Waals surface area (Å²) in [4.78, 5) is 0. The van der Waals surface area contributed by atoms with E-state index in [0.717, 1.165) is 44.3 Å². The van der Waals surface area contributed by atoms with Gasteiger partial charge in [-0.05, 0) is 53.6 Å². The highest BCUT2D eigenvalue weighted by Crippen LogP contribution is 2.34. The van der Waals surface area contributed by atoms with E-state index in [9.17, 15) is 5.11 Å². The zero-order valence-corrected chi connectivity index (χ0v) is 19.5. The van der Waals surface area contributed by atoms with Crippen LogP contribution < -0.4 is 5.46 Å². The third-order valence-electron chi connectivity index (χ3n) is 6.71. The molecule has 2 heterocycles. The van der Waals surface area contributed by atoms with Gasteiger partial charge in [0.25, 0.3) is 0 Å². The first kappa shape index (κ1) is 21.3. The number of aliphatic hydroxyl groups excluding tert-OH is 1. The quantitative estimate of drug-likeness (QED) is 0.257. The Morgan fingerprint density at radius 3 is 2.49 bits per heavy atom. The fraction of sp³-hybridized carbons (Fsp3) is 0.0323. The normalized spacial score (nSPS) is 11.8. The van der Waals surface area contributed by atoms with Gasteiger partial charge in [0.05, 0.1) is 17.6 Å². The number of nitrogens with zero attached hydrogens (tertiary/aromatic N) is 1. The number of hydrogen-bond acceptors (Lipinski definition) is 2. The van der Waals surface area contributed by atoms with Gasteiger partial charge in [-0.1, -0.05) is 72.7 Å². The Balaban J connectivity index is 1.43. The van der Waals surface area contributed by atoms with Gasteiger partial charge in [-0.2, -0.15) is 0 Å². The molecule has 0 bridgehead atoms. The number of aliphatic hydroxyl groups is 1. The predicted molar refractivity (Wildman–Crippen MR) is 149 cm³/mol. The third-order valence-corrected chi connectivity index (χ3v) is 6.71. The summed E-state index contributed by atoms with van der Waals surface area (Å²) < 4.78 is 8.35. The van der Waals surface area contributed by atoms with Crippen LogP contribution in [-0.2, 0) is 6.61 Å². The molecular formula is C31H24BNO2. The highest BCUT2D eigenvalue weighted by atomic mass is 16.3. The van der Waals surface area contributed by atoms with Crippen molar-refractivity contribution in [2.24, 2.45) is 0 Å². The van der Waals surface area contributed by atoms with E-state index in [1.807, 2.05) is 44.3 Å². The number of hydrogen-bond donors (Lipinski definition) is 1. The number of allylic oxidation sites excluding steroid dienone is 2. The SMILES string of the molecule is Bc1cccc2oc(/C=C\C(=C)c3ccc4c(c3)c3ccccc3n4-c3ccccc3)c(CO)c12. The molecule has 0 atom stereocenters. The second-order valence-corrected chi connectivity index (χ2v) is 8.83. The van der Waals surface area contributed by atoms with Gasteiger partial charge < -0.3 is 14.1 Å². The number of para-hydroxylation sites is 2. The van der Waals surface area contributed by atoms with Crippen molar-refractivity contribution in [3.8, 4) is 5.69 Å². The molecule has 1 N–H and O–H groups in total. The Kier molecular flexibility index (Phi) is 5.16. The summed E-state index contributed by atoms with van der Waals surface area (Å²) in [5, 5.41) is 13.4. The smallest absolute Gasteiger partial charge is 0.140 e. The van der Waals surface area contributed by atoms with Crippen LogP contribution in [0.1, 0.15) is 16.9 Å². The van der Waals surface area contributed by atoms with E-state index in [1.165, 1.54) is 16.3 Å². The molecule has 0 amide bonds. The summed E-state index contributed by atoms with van der Waals surface area (Å²) in [5.74, 6) is 0.666. The predicted octanol–water partition coefficient (Wildman–Crippen LogP) is 6.01. The maximum Gasteiger partial charge on any atom is 0.140 e. The molecule has 0 aliphatic rings. The minimum absolute atomic E-state index is 0.0745. The lowest BCUT2D eigenvalue weighted by Gasteiger charge is -2.08. The summed E-state index contributed by atoms with van der Waals surface area (Å²) in [6, 6.07) is 31.4. The van der Waals surface area contributed by atoms with E-state index >= 15 is 0 Å². The Hall–Kier alpha value is -4.28. The molecule has 2 aromatic heterocycles. The molecule has 35 heavy (non-hydrogen) atoms. The molecule has 3 nitrogen and oxygen atoms in total. The monoisotopic (exact) mass is 453 g/mol. The highest BCUT2D eigenvalue weighted by Gasteiger charge is 2.14. The standard InChI is InChI=1S/C31H24BNO2/c1-20(14-17-29-25(19-34)31-26(32)11-7-13-30(31)35-29)21-15-16-28-24(18-21)23-10-5-6-12-27(23)33(28)22-8-3-2-4-9-22/h2-18,34H,1,19,32H2/b17-14-. The number of benzene rings is 4. The fourth-order valence-corrected chi connectivity index (χ4v) is 5.01. The Morgan fingerprint density at radius 1 is 0.886 bits per heavy atom. The second kappa shape index (κ2) is 8.50. The largest absolute Gasteiger partial charge is 0.456 e. The molecule has 0 unspecified atom stereocenters. The van der Waals surface area contributed by atoms with Crippen LogP contribution >= 0.6 is 0 Å². The molecule has 0 aliphatic heterocycles. The van der Waals surface area contributed by atoms with Crippen LogP contribution in [0.4, 0.5) is 0 Å². The van der Waals surface area contributed by atoms with Crippen molar-refractivity contribution in [1.29, 1.82) is 0 Å². The van der Waals surface area contributed by atoms with Crippen molar-refractivity contribution in [2.45, 2.75) is 6.61 Å². The Bertz CT molecular complexity index is 1760. The number of rotatable bonds is 5. The Morgan fingerprint density at radius 2 is 1.66 bits per heavy atom. The number of furan rings is 1. The number of aromatic nitrogens is 1. The molecule has 4 aromatic carbocycles. The van der Waals surface area contributed by atoms with Crippen LogP contribution in [0.2, 0.25) is 0 Å². The zero-order chi connectivity index (χ0) is 23.9. The van der Waals surface area contributed by atoms with Crippen molar-refractivity contribution in [3.63, 3.8) is 0 Å². The topological polar surface area (TPSA) is 38.3 Å². The molecule has 6 aromatic rings. The average molecular weight is 453 g/mol. The van der Waals surface area contributed by atoms with E-state index in [-0.39, 0.29) is 6.61 Å². The summed E-state index contributed by atoms with van der Waals surface area (Å²) in [6.07, 6.45) is 3.87. The minimum Gasteiger partial charge on any atom is -0.456 e. The first-order chi connectivity index (χ1) is 17.2. The van der Waals surface area contributed by atoms with Crippen LogP contribution in [0.5, 0.6) is 0 Å². The van der Waals surface area contributed by atoms with Crippen LogP contribution in [0.3, 0.4) is 0 Å². The molecule has 168 valence electrons. The maximum absolute atomic E-state index is 10.0. The van der Waals surface area contributed by atoms with Crippen molar-refractivity contribution >= 4 is 57.7 Å². The van der Waals surface area contributed by atoms with E-state index in [2.05, 4.69) is 77.9 Å². The Labute approximate surface area is 204 Å². The molecule has 4 heteroatoms. The minimum atomic E-state index is -0.0745. The molecule has 0 fully saturated rings. The van der Waals surface area contributed by atoms with Gasteiger partial charge in [-0.25, -0.2) is 0 Å². The zero-order valence-electron chi connectivity index (χ0n) is 19.5. The maximum atomic E-state index is 10.0. The van der Waals surface area contributed by atoms with Gasteiger partial charge in [0, 0.05) is 27.4 Å². The van der Waals surface area contributed by atoms with Crippen LogP contribution in [0.15, 0.2) is 108 Å². The summed E-state index contributed by atoms with van der Waals surface area (Å²) >= 11 is 0. The summed E-state index contributed by atoms with van der Waals surface area (Å²) in [5.41, 5.74) is 8.09. The molecule has 0 aliphatic carbocycles. The second-order valence-electron chi connectivity index (χ2n) is 8.83. The average Bonchev–Trinajstić information content (AvgIpc) is 3.43. The van der Waals surface area contributed by atoms with Crippen molar-refractivity contribution < 1.29 is 9.52 Å². The molecule has 0 saturated carbocycles. The first-order valence-corrected chi connectivity index (χ1v) is 11.7. The van der Waals surface area contributed by atoms with Crippen LogP contribution in [0.25, 0.3) is 50.1 Å². The fourth-order valence-electron chi connectivity index (χ4n) is 5.01. The van der Waals surface area contributed by atoms with Crippen molar-refractivity contribution in [1.82, 2.24) is 4.57 Å². The lowest BCUT2D eigenvalue weighted by molar-refractivity contribution is 0.281. The van der Waals surface area contributed by atoms with Crippen LogP contribution in [-0.4, -0.2) is 17.5 Å². The first-order valence-electron chi connectivity index (χ1n) is 11.7. The van der Waals surface area contributed by atoms with Gasteiger partial charge in [0.1, 0.15) is 19.2 Å². The lowest BCUT2D eigenvalue weighted by Crippen LogP contribution is -2.03. The van der Waals surface area contributed by atoms with Crippen LogP contribution in [0, 0.1) is 0 Å². The van der Waals surface area contributed by atoms with E-state index < -0.39 is 0 Å². The highest BCUT2D eigenvalue weighted by molar-refractivity contribution is 6.39.